The molecule has 26 heavy (non-hydrogen) atoms. The van der Waals surface area contributed by atoms with Gasteiger partial charge in [0, 0.05) is 22.9 Å². The molecule has 4 heteroatoms. The molecule has 0 fully saturated rings. The van der Waals surface area contributed by atoms with Gasteiger partial charge in [-0.15, -0.1) is 0 Å². The predicted molar refractivity (Wildman–Crippen MR) is 101 cm³/mol. The minimum Gasteiger partial charge on any atom is -0.493 e. The molecule has 0 aliphatic carbocycles. The predicted octanol–water partition coefficient (Wildman–Crippen LogP) is 5.05. The summed E-state index contributed by atoms with van der Waals surface area (Å²) in [5.74, 6) is 1.76. The molecule has 0 N–H and O–H groups in total. The number of para-hydroxylation sites is 1. The van der Waals surface area contributed by atoms with Gasteiger partial charge < -0.3 is 13.9 Å². The van der Waals surface area contributed by atoms with Gasteiger partial charge in [0.25, 0.3) is 0 Å². The average molecular weight is 348 g/mol. The van der Waals surface area contributed by atoms with Gasteiger partial charge in [-0.2, -0.15) is 0 Å². The third-order valence-corrected chi connectivity index (χ3v) is 4.41. The van der Waals surface area contributed by atoms with Crippen molar-refractivity contribution in [3.63, 3.8) is 0 Å². The van der Waals surface area contributed by atoms with Crippen LogP contribution in [-0.2, 0) is 6.42 Å². The summed E-state index contributed by atoms with van der Waals surface area (Å²) in [5.41, 5.74) is 2.67. The number of ketones is 1. The Balaban J connectivity index is 1.63. The number of carbonyl (C=O) groups is 1. The van der Waals surface area contributed by atoms with Crippen molar-refractivity contribution in [2.75, 3.05) is 6.61 Å². The average Bonchev–Trinajstić information content (AvgIpc) is 3.21. The minimum absolute atomic E-state index is 0.163. The molecule has 0 bridgehead atoms. The number of allylic oxidation sites excluding steroid dienone is 1. The molecule has 2 aromatic carbocycles. The lowest BCUT2D eigenvalue weighted by atomic mass is 10.1. The van der Waals surface area contributed by atoms with Crippen molar-refractivity contribution in [1.82, 2.24) is 0 Å². The Morgan fingerprint density at radius 1 is 1.27 bits per heavy atom. The van der Waals surface area contributed by atoms with E-state index in [0.717, 1.165) is 34.4 Å². The van der Waals surface area contributed by atoms with Gasteiger partial charge >= 0.3 is 0 Å². The number of hydrogen-bond donors (Lipinski definition) is 0. The standard InChI is InChI=1S/C22H20O4/c1-3-24-20-13-17-10-14(2)25-21(17)11-16(20)8-9-18(23)22-12-15-6-4-5-7-19(15)26-22/h4-9,11-14H,3,10H2,1-2H3/b9-8+. The van der Waals surface area contributed by atoms with Gasteiger partial charge in [-0.3, -0.25) is 4.79 Å². The first kappa shape index (κ1) is 16.5. The molecule has 0 amide bonds. The van der Waals surface area contributed by atoms with Crippen molar-refractivity contribution < 1.29 is 18.7 Å². The number of ether oxygens (including phenoxy) is 2. The van der Waals surface area contributed by atoms with Crippen LogP contribution in [0.2, 0.25) is 0 Å². The lowest BCUT2D eigenvalue weighted by Crippen LogP contribution is -2.05. The molecular formula is C22H20O4. The first-order valence-corrected chi connectivity index (χ1v) is 8.81. The van der Waals surface area contributed by atoms with Crippen molar-refractivity contribution in [2.45, 2.75) is 26.4 Å². The maximum Gasteiger partial charge on any atom is 0.221 e. The third kappa shape index (κ3) is 3.10. The monoisotopic (exact) mass is 348 g/mol. The molecule has 0 saturated carbocycles. The lowest BCUT2D eigenvalue weighted by molar-refractivity contribution is 0.102. The molecule has 0 saturated heterocycles. The second kappa shape index (κ2) is 6.71. The summed E-state index contributed by atoms with van der Waals surface area (Å²) < 4.78 is 17.2. The van der Waals surface area contributed by atoms with Crippen LogP contribution < -0.4 is 9.47 Å². The molecule has 3 aromatic rings. The van der Waals surface area contributed by atoms with E-state index in [4.69, 9.17) is 13.9 Å². The Bertz CT molecular complexity index is 964. The van der Waals surface area contributed by atoms with Crippen molar-refractivity contribution in [1.29, 1.82) is 0 Å². The summed E-state index contributed by atoms with van der Waals surface area (Å²) in [6.07, 6.45) is 4.31. The maximum atomic E-state index is 12.5. The Kier molecular flexibility index (Phi) is 4.25. The number of hydrogen-bond acceptors (Lipinski definition) is 4. The van der Waals surface area contributed by atoms with Crippen LogP contribution in [0.5, 0.6) is 11.5 Å². The largest absolute Gasteiger partial charge is 0.493 e. The summed E-state index contributed by atoms with van der Waals surface area (Å²) in [7, 11) is 0. The van der Waals surface area contributed by atoms with Crippen LogP contribution in [0, 0.1) is 0 Å². The van der Waals surface area contributed by atoms with E-state index in [9.17, 15) is 4.79 Å². The van der Waals surface area contributed by atoms with Gasteiger partial charge in [0.1, 0.15) is 23.2 Å². The zero-order valence-electron chi connectivity index (χ0n) is 14.8. The van der Waals surface area contributed by atoms with Crippen LogP contribution in [-0.4, -0.2) is 18.5 Å². The molecule has 2 heterocycles. The fraction of sp³-hybridized carbons (Fsp3) is 0.227. The van der Waals surface area contributed by atoms with E-state index in [0.29, 0.717) is 18.0 Å². The van der Waals surface area contributed by atoms with Gasteiger partial charge in [-0.05, 0) is 50.3 Å². The van der Waals surface area contributed by atoms with Crippen LogP contribution in [0.25, 0.3) is 17.0 Å². The maximum absolute atomic E-state index is 12.5. The molecule has 132 valence electrons. The number of carbonyl (C=O) groups excluding carboxylic acids is 1. The van der Waals surface area contributed by atoms with Crippen molar-refractivity contribution in [3.8, 4) is 11.5 Å². The van der Waals surface area contributed by atoms with Crippen LogP contribution >= 0.6 is 0 Å². The van der Waals surface area contributed by atoms with Gasteiger partial charge in [0.05, 0.1) is 6.61 Å². The summed E-state index contributed by atoms with van der Waals surface area (Å²) in [4.78, 5) is 12.5. The fourth-order valence-corrected chi connectivity index (χ4v) is 3.22. The number of benzene rings is 2. The van der Waals surface area contributed by atoms with E-state index < -0.39 is 0 Å². The number of furan rings is 1. The second-order valence-corrected chi connectivity index (χ2v) is 6.41. The number of fused-ring (bicyclic) bond motifs is 2. The third-order valence-electron chi connectivity index (χ3n) is 4.41. The van der Waals surface area contributed by atoms with Gasteiger partial charge in [0.2, 0.25) is 5.78 Å². The summed E-state index contributed by atoms with van der Waals surface area (Å²) in [5, 5.41) is 0.916. The highest BCUT2D eigenvalue weighted by Gasteiger charge is 2.21. The number of rotatable bonds is 5. The van der Waals surface area contributed by atoms with E-state index >= 15 is 0 Å². The summed E-state index contributed by atoms with van der Waals surface area (Å²) in [6, 6.07) is 13.3. The molecule has 0 spiro atoms. The molecule has 4 rings (SSSR count). The van der Waals surface area contributed by atoms with Gasteiger partial charge in [-0.25, -0.2) is 0 Å². The van der Waals surface area contributed by atoms with E-state index in [1.54, 1.807) is 12.1 Å². The Labute approximate surface area is 152 Å². The van der Waals surface area contributed by atoms with E-state index in [-0.39, 0.29) is 11.9 Å². The van der Waals surface area contributed by atoms with Gasteiger partial charge in [0.15, 0.2) is 5.76 Å². The van der Waals surface area contributed by atoms with Crippen LogP contribution in [0.15, 0.2) is 53.0 Å². The molecule has 1 aromatic heterocycles. The lowest BCUT2D eigenvalue weighted by Gasteiger charge is -2.09. The fourth-order valence-electron chi connectivity index (χ4n) is 3.22. The minimum atomic E-state index is -0.182. The Morgan fingerprint density at radius 3 is 2.92 bits per heavy atom. The zero-order chi connectivity index (χ0) is 18.1. The Morgan fingerprint density at radius 2 is 2.12 bits per heavy atom. The quantitative estimate of drug-likeness (QED) is 0.478. The highest BCUT2D eigenvalue weighted by atomic mass is 16.5. The second-order valence-electron chi connectivity index (χ2n) is 6.41. The zero-order valence-corrected chi connectivity index (χ0v) is 14.8. The topological polar surface area (TPSA) is 48.7 Å². The van der Waals surface area contributed by atoms with Crippen LogP contribution in [0.1, 0.15) is 35.5 Å². The van der Waals surface area contributed by atoms with E-state index in [1.165, 1.54) is 6.08 Å². The first-order chi connectivity index (χ1) is 12.6. The summed E-state index contributed by atoms with van der Waals surface area (Å²) >= 11 is 0. The van der Waals surface area contributed by atoms with E-state index in [2.05, 4.69) is 0 Å². The van der Waals surface area contributed by atoms with Crippen LogP contribution in [0.4, 0.5) is 0 Å². The molecule has 0 radical (unpaired) electrons. The van der Waals surface area contributed by atoms with Crippen LogP contribution in [0.3, 0.4) is 0 Å². The highest BCUT2D eigenvalue weighted by Crippen LogP contribution is 2.35. The molecule has 1 aliphatic rings. The molecule has 1 atom stereocenters. The smallest absolute Gasteiger partial charge is 0.221 e. The molecule has 1 aliphatic heterocycles. The molecular weight excluding hydrogens is 328 g/mol. The highest BCUT2D eigenvalue weighted by molar-refractivity contribution is 6.07. The molecule has 4 nitrogen and oxygen atoms in total. The van der Waals surface area contributed by atoms with Crippen molar-refractivity contribution in [2.24, 2.45) is 0 Å². The van der Waals surface area contributed by atoms with Gasteiger partial charge in [-0.1, -0.05) is 18.2 Å². The first-order valence-electron chi connectivity index (χ1n) is 8.81. The normalized spacial score (nSPS) is 16.0. The SMILES string of the molecule is CCOc1cc2c(cc1/C=C/C(=O)c1cc3ccccc3o1)OC(C)C2. The van der Waals surface area contributed by atoms with Crippen molar-refractivity contribution >= 4 is 22.8 Å². The Hall–Kier alpha value is -3.01. The molecule has 1 unspecified atom stereocenters. The van der Waals surface area contributed by atoms with Crippen molar-refractivity contribution in [3.05, 3.63) is 65.4 Å². The van der Waals surface area contributed by atoms with E-state index in [1.807, 2.05) is 50.2 Å². The summed E-state index contributed by atoms with van der Waals surface area (Å²) in [6.45, 7) is 4.55.